The predicted octanol–water partition coefficient (Wildman–Crippen LogP) is 5.16. The smallest absolute Gasteiger partial charge is 0.123 e. The Morgan fingerprint density at radius 2 is 1.70 bits per heavy atom. The largest absolute Gasteiger partial charge is 0.496 e. The fraction of sp³-hybridized carbons (Fsp3) is 0.136. The van der Waals surface area contributed by atoms with Crippen LogP contribution in [0.3, 0.4) is 0 Å². The third-order valence-corrected chi connectivity index (χ3v) is 4.49. The Labute approximate surface area is 168 Å². The molecule has 0 saturated heterocycles. The highest BCUT2D eigenvalue weighted by Crippen LogP contribution is 2.17. The Hall–Kier alpha value is -2.79. The number of halogens is 1. The Morgan fingerprint density at radius 1 is 0.963 bits per heavy atom. The molecule has 3 aromatic rings. The van der Waals surface area contributed by atoms with Gasteiger partial charge in [-0.1, -0.05) is 46.3 Å². The molecule has 27 heavy (non-hydrogen) atoms. The molecule has 0 heterocycles. The molecule has 0 fully saturated rings. The summed E-state index contributed by atoms with van der Waals surface area (Å²) < 4.78 is 12.2. The monoisotopic (exact) mass is 424 g/mol. The van der Waals surface area contributed by atoms with Gasteiger partial charge in [0.05, 0.1) is 19.9 Å². The first kappa shape index (κ1) is 19.0. The third-order valence-electron chi connectivity index (χ3n) is 3.97. The van der Waals surface area contributed by atoms with E-state index >= 15 is 0 Å². The van der Waals surface area contributed by atoms with Gasteiger partial charge >= 0.3 is 0 Å². The fourth-order valence-corrected chi connectivity index (χ4v) is 2.76. The molecule has 1 N–H and O–H groups in total. The molecule has 4 nitrogen and oxygen atoms in total. The summed E-state index contributed by atoms with van der Waals surface area (Å²) in [6, 6.07) is 23.8. The van der Waals surface area contributed by atoms with E-state index in [2.05, 4.69) is 26.5 Å². The highest BCUT2D eigenvalue weighted by molar-refractivity contribution is 9.10. The molecule has 3 rings (SSSR count). The molecular weight excluding hydrogens is 404 g/mol. The summed E-state index contributed by atoms with van der Waals surface area (Å²) in [5, 5.41) is 4.27. The van der Waals surface area contributed by atoms with Gasteiger partial charge in [0.1, 0.15) is 18.1 Å². The molecule has 0 aliphatic rings. The maximum Gasteiger partial charge on any atom is 0.123 e. The zero-order chi connectivity index (χ0) is 18.9. The summed E-state index contributed by atoms with van der Waals surface area (Å²) in [7, 11) is 1.67. The van der Waals surface area contributed by atoms with Gasteiger partial charge in [-0.25, -0.2) is 0 Å². The van der Waals surface area contributed by atoms with Crippen LogP contribution < -0.4 is 14.9 Å². The van der Waals surface area contributed by atoms with Crippen molar-refractivity contribution in [1.82, 2.24) is 5.43 Å². The molecule has 0 radical (unpaired) electrons. The molecule has 0 aliphatic heterocycles. The van der Waals surface area contributed by atoms with E-state index in [0.29, 0.717) is 13.2 Å². The molecule has 0 spiro atoms. The highest BCUT2D eigenvalue weighted by atomic mass is 79.9. The van der Waals surface area contributed by atoms with E-state index in [0.717, 1.165) is 32.7 Å². The minimum absolute atomic E-state index is 0.543. The summed E-state index contributed by atoms with van der Waals surface area (Å²) in [4.78, 5) is 0. The maximum atomic E-state index is 5.81. The van der Waals surface area contributed by atoms with E-state index in [-0.39, 0.29) is 0 Å². The lowest BCUT2D eigenvalue weighted by Crippen LogP contribution is -2.06. The standard InChI is InChI=1S/C22H21BrN2O2/c1-26-22-5-3-2-4-19(22)15-25-24-14-17-8-12-21(13-9-17)27-16-18-6-10-20(23)11-7-18/h2-14,25H,15-16H2,1H3/b24-14+. The quantitative estimate of drug-likeness (QED) is 0.401. The lowest BCUT2D eigenvalue weighted by atomic mass is 10.2. The molecule has 0 aromatic heterocycles. The minimum atomic E-state index is 0.543. The van der Waals surface area contributed by atoms with E-state index in [1.165, 1.54) is 0 Å². The Kier molecular flexibility index (Phi) is 6.88. The number of nitrogens with zero attached hydrogens (tertiary/aromatic N) is 1. The fourth-order valence-electron chi connectivity index (χ4n) is 2.50. The number of benzene rings is 3. The summed E-state index contributed by atoms with van der Waals surface area (Å²) in [6.45, 7) is 1.15. The number of hydrogen-bond acceptors (Lipinski definition) is 4. The number of hydrogen-bond donors (Lipinski definition) is 1. The van der Waals surface area contributed by atoms with Gasteiger partial charge in [0.15, 0.2) is 0 Å². The summed E-state index contributed by atoms with van der Waals surface area (Å²) in [6.07, 6.45) is 1.79. The highest BCUT2D eigenvalue weighted by Gasteiger charge is 2.00. The lowest BCUT2D eigenvalue weighted by Gasteiger charge is -2.07. The van der Waals surface area contributed by atoms with Gasteiger partial charge in [0.2, 0.25) is 0 Å². The van der Waals surface area contributed by atoms with E-state index in [1.807, 2.05) is 72.8 Å². The number of rotatable bonds is 8. The third kappa shape index (κ3) is 5.86. The molecule has 0 aliphatic carbocycles. The van der Waals surface area contributed by atoms with E-state index in [4.69, 9.17) is 9.47 Å². The topological polar surface area (TPSA) is 42.8 Å². The minimum Gasteiger partial charge on any atom is -0.496 e. The number of methoxy groups -OCH3 is 1. The second-order valence-corrected chi connectivity index (χ2v) is 6.80. The average molecular weight is 425 g/mol. The van der Waals surface area contributed by atoms with Crippen LogP contribution in [0.5, 0.6) is 11.5 Å². The molecule has 0 bridgehead atoms. The Morgan fingerprint density at radius 3 is 2.44 bits per heavy atom. The first-order chi connectivity index (χ1) is 13.2. The van der Waals surface area contributed by atoms with E-state index in [9.17, 15) is 0 Å². The Balaban J connectivity index is 1.48. The van der Waals surface area contributed by atoms with Crippen LogP contribution in [0, 0.1) is 0 Å². The first-order valence-corrected chi connectivity index (χ1v) is 9.39. The number of ether oxygens (including phenoxy) is 2. The predicted molar refractivity (Wildman–Crippen MR) is 112 cm³/mol. The average Bonchev–Trinajstić information content (AvgIpc) is 2.72. The van der Waals surface area contributed by atoms with Crippen LogP contribution in [0.2, 0.25) is 0 Å². The number of nitrogens with one attached hydrogen (secondary N) is 1. The molecule has 3 aromatic carbocycles. The maximum absolute atomic E-state index is 5.81. The summed E-state index contributed by atoms with van der Waals surface area (Å²) in [5.41, 5.74) is 6.24. The normalized spacial score (nSPS) is 10.7. The molecule has 0 saturated carbocycles. The van der Waals surface area contributed by atoms with Crippen LogP contribution >= 0.6 is 15.9 Å². The zero-order valence-electron chi connectivity index (χ0n) is 15.1. The molecule has 138 valence electrons. The van der Waals surface area contributed by atoms with Gasteiger partial charge in [-0.15, -0.1) is 0 Å². The van der Waals surface area contributed by atoms with Crippen molar-refractivity contribution in [3.63, 3.8) is 0 Å². The molecular formula is C22H21BrN2O2. The summed E-state index contributed by atoms with van der Waals surface area (Å²) >= 11 is 3.43. The van der Waals surface area contributed by atoms with Crippen LogP contribution in [0.1, 0.15) is 16.7 Å². The van der Waals surface area contributed by atoms with Crippen molar-refractivity contribution in [3.8, 4) is 11.5 Å². The Bertz CT molecular complexity index is 878. The van der Waals surface area contributed by atoms with Crippen molar-refractivity contribution in [2.45, 2.75) is 13.2 Å². The van der Waals surface area contributed by atoms with Gasteiger partial charge in [-0.3, -0.25) is 0 Å². The number of hydrazone groups is 1. The van der Waals surface area contributed by atoms with Crippen LogP contribution in [-0.4, -0.2) is 13.3 Å². The molecule has 5 heteroatoms. The van der Waals surface area contributed by atoms with E-state index < -0.39 is 0 Å². The van der Waals surface area contributed by atoms with Gasteiger partial charge in [0.25, 0.3) is 0 Å². The van der Waals surface area contributed by atoms with Gasteiger partial charge in [-0.05, 0) is 53.6 Å². The van der Waals surface area contributed by atoms with Crippen LogP contribution in [0.25, 0.3) is 0 Å². The van der Waals surface area contributed by atoms with Crippen molar-refractivity contribution >= 4 is 22.1 Å². The first-order valence-electron chi connectivity index (χ1n) is 8.60. The SMILES string of the molecule is COc1ccccc1CN/N=C/c1ccc(OCc2ccc(Br)cc2)cc1. The van der Waals surface area contributed by atoms with Gasteiger partial charge in [0, 0.05) is 10.0 Å². The van der Waals surface area contributed by atoms with Crippen LogP contribution in [0.15, 0.2) is 82.4 Å². The van der Waals surface area contributed by atoms with E-state index in [1.54, 1.807) is 13.3 Å². The molecule has 0 unspecified atom stereocenters. The van der Waals surface area contributed by atoms with Gasteiger partial charge < -0.3 is 14.9 Å². The van der Waals surface area contributed by atoms with Crippen molar-refractivity contribution in [3.05, 3.63) is 94.0 Å². The molecule has 0 atom stereocenters. The van der Waals surface area contributed by atoms with Crippen molar-refractivity contribution in [2.75, 3.05) is 7.11 Å². The van der Waals surface area contributed by atoms with Crippen LogP contribution in [-0.2, 0) is 13.2 Å². The second kappa shape index (κ2) is 9.78. The van der Waals surface area contributed by atoms with Crippen molar-refractivity contribution in [1.29, 1.82) is 0 Å². The van der Waals surface area contributed by atoms with Crippen LogP contribution in [0.4, 0.5) is 0 Å². The number of para-hydroxylation sites is 1. The second-order valence-electron chi connectivity index (χ2n) is 5.89. The zero-order valence-corrected chi connectivity index (χ0v) is 16.6. The van der Waals surface area contributed by atoms with Crippen molar-refractivity contribution in [2.24, 2.45) is 5.10 Å². The van der Waals surface area contributed by atoms with Crippen molar-refractivity contribution < 1.29 is 9.47 Å². The van der Waals surface area contributed by atoms with Gasteiger partial charge in [-0.2, -0.15) is 5.10 Å². The lowest BCUT2D eigenvalue weighted by molar-refractivity contribution is 0.306. The summed E-state index contributed by atoms with van der Waals surface area (Å²) in [5.74, 6) is 1.68. The molecule has 0 amide bonds.